The number of ether oxygens (including phenoxy) is 2. The minimum atomic E-state index is 0.503. The summed E-state index contributed by atoms with van der Waals surface area (Å²) < 4.78 is 10.6. The first kappa shape index (κ1) is 22.5. The Balaban J connectivity index is 0.000000171. The van der Waals surface area contributed by atoms with Crippen LogP contribution in [-0.4, -0.2) is 62.6 Å². The topological polar surface area (TPSA) is 50.7 Å². The van der Waals surface area contributed by atoms with E-state index in [9.17, 15) is 0 Å². The summed E-state index contributed by atoms with van der Waals surface area (Å²) in [6.07, 6.45) is 3.95. The second-order valence-corrected chi connectivity index (χ2v) is 8.40. The third kappa shape index (κ3) is 6.41. The smallest absolute Gasteiger partial charge is 0.128 e. The highest BCUT2D eigenvalue weighted by Gasteiger charge is 2.13. The molecule has 2 saturated heterocycles. The molecule has 2 aromatic heterocycles. The second kappa shape index (κ2) is 11.3. The molecule has 4 rings (SSSR count). The molecule has 2 aliphatic rings. The van der Waals surface area contributed by atoms with Crippen LogP contribution in [0.5, 0.6) is 0 Å². The number of anilines is 2. The van der Waals surface area contributed by atoms with Gasteiger partial charge in [0, 0.05) is 38.1 Å². The minimum absolute atomic E-state index is 0.503. The molecule has 4 heterocycles. The van der Waals surface area contributed by atoms with Crippen molar-refractivity contribution in [2.45, 2.75) is 39.5 Å². The van der Waals surface area contributed by atoms with Gasteiger partial charge in [-0.1, -0.05) is 33.8 Å². The highest BCUT2D eigenvalue weighted by Crippen LogP contribution is 2.19. The minimum Gasteiger partial charge on any atom is -0.378 e. The fraction of sp³-hybridized carbons (Fsp3) is 0.583. The normalized spacial score (nSPS) is 17.1. The van der Waals surface area contributed by atoms with Crippen LogP contribution in [0.4, 0.5) is 11.5 Å². The molecule has 0 aromatic carbocycles. The van der Waals surface area contributed by atoms with Crippen molar-refractivity contribution < 1.29 is 9.47 Å². The second-order valence-electron chi connectivity index (χ2n) is 8.40. The van der Waals surface area contributed by atoms with Gasteiger partial charge in [-0.2, -0.15) is 0 Å². The SMILES string of the molecule is CC(C)c1ccc(N2CCOCC2)cn1.CC(C)c1ccc(N2CCOCC2)nc1. The largest absolute Gasteiger partial charge is 0.378 e. The molecule has 0 radical (unpaired) electrons. The van der Waals surface area contributed by atoms with Crippen molar-refractivity contribution in [3.63, 3.8) is 0 Å². The fourth-order valence-corrected chi connectivity index (χ4v) is 3.47. The Morgan fingerprint density at radius 3 is 1.80 bits per heavy atom. The van der Waals surface area contributed by atoms with Crippen LogP contribution in [0.2, 0.25) is 0 Å². The molecule has 6 heteroatoms. The third-order valence-electron chi connectivity index (χ3n) is 5.51. The molecule has 0 atom stereocenters. The maximum atomic E-state index is 5.32. The zero-order chi connectivity index (χ0) is 21.3. The first-order valence-corrected chi connectivity index (χ1v) is 11.1. The Kier molecular flexibility index (Phi) is 8.46. The van der Waals surface area contributed by atoms with E-state index in [0.29, 0.717) is 11.8 Å². The molecule has 0 bridgehead atoms. The van der Waals surface area contributed by atoms with Crippen molar-refractivity contribution in [3.05, 3.63) is 47.9 Å². The van der Waals surface area contributed by atoms with Crippen molar-refractivity contribution in [3.8, 4) is 0 Å². The van der Waals surface area contributed by atoms with E-state index in [1.165, 1.54) is 11.3 Å². The summed E-state index contributed by atoms with van der Waals surface area (Å²) in [5.74, 6) is 2.13. The van der Waals surface area contributed by atoms with Crippen LogP contribution in [0.25, 0.3) is 0 Å². The summed E-state index contributed by atoms with van der Waals surface area (Å²) in [7, 11) is 0. The number of nitrogens with zero attached hydrogens (tertiary/aromatic N) is 4. The molecule has 0 saturated carbocycles. The molecule has 0 aliphatic carbocycles. The maximum Gasteiger partial charge on any atom is 0.128 e. The van der Waals surface area contributed by atoms with Gasteiger partial charge >= 0.3 is 0 Å². The van der Waals surface area contributed by atoms with Crippen molar-refractivity contribution in [1.29, 1.82) is 0 Å². The average molecular weight is 413 g/mol. The lowest BCUT2D eigenvalue weighted by molar-refractivity contribution is 0.122. The lowest BCUT2D eigenvalue weighted by Crippen LogP contribution is -2.36. The zero-order valence-corrected chi connectivity index (χ0v) is 18.9. The molecule has 0 N–H and O–H groups in total. The van der Waals surface area contributed by atoms with Crippen LogP contribution >= 0.6 is 0 Å². The average Bonchev–Trinajstić information content (AvgIpc) is 2.81. The van der Waals surface area contributed by atoms with Crippen LogP contribution in [0.1, 0.15) is 50.8 Å². The van der Waals surface area contributed by atoms with E-state index in [1.807, 2.05) is 12.4 Å². The number of rotatable bonds is 4. The molecule has 0 unspecified atom stereocenters. The summed E-state index contributed by atoms with van der Waals surface area (Å²) in [5.41, 5.74) is 3.67. The predicted molar refractivity (Wildman–Crippen MR) is 123 cm³/mol. The van der Waals surface area contributed by atoms with Gasteiger partial charge in [-0.25, -0.2) is 4.98 Å². The maximum absolute atomic E-state index is 5.32. The van der Waals surface area contributed by atoms with Crippen molar-refractivity contribution in [2.24, 2.45) is 0 Å². The number of hydrogen-bond acceptors (Lipinski definition) is 6. The first-order chi connectivity index (χ1) is 14.5. The van der Waals surface area contributed by atoms with Gasteiger partial charge < -0.3 is 19.3 Å². The van der Waals surface area contributed by atoms with Gasteiger partial charge in [0.05, 0.1) is 38.3 Å². The predicted octanol–water partition coefficient (Wildman–Crippen LogP) is 4.08. The number of hydrogen-bond donors (Lipinski definition) is 0. The van der Waals surface area contributed by atoms with Gasteiger partial charge in [-0.05, 0) is 35.6 Å². The molecular formula is C24H36N4O2. The van der Waals surface area contributed by atoms with Crippen molar-refractivity contribution in [1.82, 2.24) is 9.97 Å². The Morgan fingerprint density at radius 1 is 0.700 bits per heavy atom. The van der Waals surface area contributed by atoms with Crippen LogP contribution in [0.3, 0.4) is 0 Å². The molecular weight excluding hydrogens is 376 g/mol. The van der Waals surface area contributed by atoms with Crippen LogP contribution in [-0.2, 0) is 9.47 Å². The van der Waals surface area contributed by atoms with Crippen LogP contribution in [0.15, 0.2) is 36.7 Å². The van der Waals surface area contributed by atoms with Gasteiger partial charge in [0.2, 0.25) is 0 Å². The van der Waals surface area contributed by atoms with Crippen LogP contribution < -0.4 is 9.80 Å². The number of pyridine rings is 2. The monoisotopic (exact) mass is 412 g/mol. The zero-order valence-electron chi connectivity index (χ0n) is 18.9. The molecule has 2 fully saturated rings. The molecule has 164 valence electrons. The van der Waals surface area contributed by atoms with E-state index in [2.05, 4.69) is 71.7 Å². The van der Waals surface area contributed by atoms with E-state index in [4.69, 9.17) is 9.47 Å². The highest BCUT2D eigenvalue weighted by molar-refractivity contribution is 5.45. The standard InChI is InChI=1S/2C12H18N2O/c1-10(2)12-4-3-11(9-13-12)14-5-7-15-8-6-14;1-10(2)11-3-4-12(13-9-11)14-5-7-15-8-6-14/h2*3-4,9-10H,5-8H2,1-2H3. The van der Waals surface area contributed by atoms with Crippen LogP contribution in [0, 0.1) is 0 Å². The Bertz CT molecular complexity index is 669. The van der Waals surface area contributed by atoms with E-state index < -0.39 is 0 Å². The third-order valence-corrected chi connectivity index (χ3v) is 5.51. The molecule has 0 spiro atoms. The van der Waals surface area contributed by atoms with Gasteiger partial charge in [-0.3, -0.25) is 4.98 Å². The van der Waals surface area contributed by atoms with E-state index in [1.54, 1.807) is 0 Å². The van der Waals surface area contributed by atoms with Gasteiger partial charge in [0.15, 0.2) is 0 Å². The van der Waals surface area contributed by atoms with E-state index in [-0.39, 0.29) is 0 Å². The van der Waals surface area contributed by atoms with E-state index in [0.717, 1.165) is 64.1 Å². The quantitative estimate of drug-likeness (QED) is 0.754. The Morgan fingerprint density at radius 2 is 1.33 bits per heavy atom. The van der Waals surface area contributed by atoms with Gasteiger partial charge in [0.25, 0.3) is 0 Å². The summed E-state index contributed by atoms with van der Waals surface area (Å²) in [4.78, 5) is 13.6. The van der Waals surface area contributed by atoms with Gasteiger partial charge in [-0.15, -0.1) is 0 Å². The fourth-order valence-electron chi connectivity index (χ4n) is 3.47. The number of aromatic nitrogens is 2. The summed E-state index contributed by atoms with van der Waals surface area (Å²) in [5, 5.41) is 0. The molecule has 2 aliphatic heterocycles. The first-order valence-electron chi connectivity index (χ1n) is 11.1. The van der Waals surface area contributed by atoms with Crippen molar-refractivity contribution >= 4 is 11.5 Å². The lowest BCUT2D eigenvalue weighted by Gasteiger charge is -2.28. The Labute approximate surface area is 181 Å². The molecule has 30 heavy (non-hydrogen) atoms. The summed E-state index contributed by atoms with van der Waals surface area (Å²) in [6, 6.07) is 8.56. The highest BCUT2D eigenvalue weighted by atomic mass is 16.5. The summed E-state index contributed by atoms with van der Waals surface area (Å²) >= 11 is 0. The van der Waals surface area contributed by atoms with Gasteiger partial charge in [0.1, 0.15) is 5.82 Å². The molecule has 6 nitrogen and oxygen atoms in total. The molecule has 0 amide bonds. The lowest BCUT2D eigenvalue weighted by atomic mass is 10.1. The molecule has 2 aromatic rings. The van der Waals surface area contributed by atoms with Crippen molar-refractivity contribution in [2.75, 3.05) is 62.4 Å². The van der Waals surface area contributed by atoms with E-state index >= 15 is 0 Å². The summed E-state index contributed by atoms with van der Waals surface area (Å²) in [6.45, 7) is 15.8. The Hall–Kier alpha value is -2.18. The number of morpholine rings is 2.